The highest BCUT2D eigenvalue weighted by Gasteiger charge is 2.17. The number of anilines is 2. The van der Waals surface area contributed by atoms with E-state index in [9.17, 15) is 0 Å². The first kappa shape index (κ1) is 14.6. The highest BCUT2D eigenvalue weighted by Crippen LogP contribution is 2.28. The highest BCUT2D eigenvalue weighted by molar-refractivity contribution is 5.98. The molecule has 1 aromatic heterocycles. The number of pyridine rings is 1. The summed E-state index contributed by atoms with van der Waals surface area (Å²) in [5.74, 6) is 1.99. The summed E-state index contributed by atoms with van der Waals surface area (Å²) in [5.41, 5.74) is 8.72. The van der Waals surface area contributed by atoms with Gasteiger partial charge in [0, 0.05) is 23.8 Å². The number of rotatable bonds is 5. The second-order valence-electron chi connectivity index (χ2n) is 6.13. The number of hydrogen-bond donors (Lipinski definition) is 2. The van der Waals surface area contributed by atoms with E-state index in [-0.39, 0.29) is 0 Å². The summed E-state index contributed by atoms with van der Waals surface area (Å²) in [6.45, 7) is 10.1. The second kappa shape index (κ2) is 6.12. The van der Waals surface area contributed by atoms with Crippen molar-refractivity contribution in [3.63, 3.8) is 0 Å². The molecular formula is C17H25N3. The van der Waals surface area contributed by atoms with Gasteiger partial charge in [-0.2, -0.15) is 0 Å². The van der Waals surface area contributed by atoms with Crippen LogP contribution in [0.4, 0.5) is 11.4 Å². The lowest BCUT2D eigenvalue weighted by Gasteiger charge is -2.26. The molecule has 0 spiro atoms. The predicted molar refractivity (Wildman–Crippen MR) is 87.8 cm³/mol. The standard InChI is InChI=1S/C17H25N3/c1-11(2)14(12(3)4)10-20-16-8-7-15(18)17-13(16)6-5-9-19-17/h5-9,11-12,14,20H,10,18H2,1-4H3. The normalized spacial score (nSPS) is 11.8. The Labute approximate surface area is 121 Å². The van der Waals surface area contributed by atoms with E-state index in [2.05, 4.69) is 50.1 Å². The molecule has 20 heavy (non-hydrogen) atoms. The van der Waals surface area contributed by atoms with Gasteiger partial charge in [0.1, 0.15) is 0 Å². The Morgan fingerprint density at radius 2 is 1.80 bits per heavy atom. The first-order chi connectivity index (χ1) is 9.50. The Hall–Kier alpha value is -1.77. The maximum absolute atomic E-state index is 5.99. The molecule has 0 aliphatic rings. The lowest BCUT2D eigenvalue weighted by Crippen LogP contribution is -2.24. The summed E-state index contributed by atoms with van der Waals surface area (Å²) in [7, 11) is 0. The monoisotopic (exact) mass is 271 g/mol. The van der Waals surface area contributed by atoms with Crippen LogP contribution in [0.2, 0.25) is 0 Å². The minimum atomic E-state index is 0.652. The molecule has 3 heteroatoms. The zero-order chi connectivity index (χ0) is 14.7. The molecule has 0 fully saturated rings. The van der Waals surface area contributed by atoms with Crippen LogP contribution in [0.5, 0.6) is 0 Å². The van der Waals surface area contributed by atoms with Gasteiger partial charge in [-0.05, 0) is 42.0 Å². The number of aromatic nitrogens is 1. The molecule has 2 aromatic rings. The molecule has 1 heterocycles. The van der Waals surface area contributed by atoms with Gasteiger partial charge in [-0.25, -0.2) is 0 Å². The minimum Gasteiger partial charge on any atom is -0.397 e. The lowest BCUT2D eigenvalue weighted by molar-refractivity contribution is 0.304. The molecule has 0 saturated carbocycles. The van der Waals surface area contributed by atoms with E-state index in [1.165, 1.54) is 0 Å². The molecule has 3 nitrogen and oxygen atoms in total. The Balaban J connectivity index is 2.24. The molecule has 3 N–H and O–H groups in total. The quantitative estimate of drug-likeness (QED) is 0.803. The van der Waals surface area contributed by atoms with Gasteiger partial charge in [0.2, 0.25) is 0 Å². The van der Waals surface area contributed by atoms with Crippen LogP contribution in [0.1, 0.15) is 27.7 Å². The molecule has 2 rings (SSSR count). The summed E-state index contributed by atoms with van der Waals surface area (Å²) in [6, 6.07) is 8.00. The largest absolute Gasteiger partial charge is 0.397 e. The highest BCUT2D eigenvalue weighted by atomic mass is 14.9. The number of nitrogens with zero attached hydrogens (tertiary/aromatic N) is 1. The molecule has 0 atom stereocenters. The molecule has 0 saturated heterocycles. The SMILES string of the molecule is CC(C)C(CNc1ccc(N)c2ncccc12)C(C)C. The summed E-state index contributed by atoms with van der Waals surface area (Å²) >= 11 is 0. The fourth-order valence-electron chi connectivity index (χ4n) is 2.82. The minimum absolute atomic E-state index is 0.652. The van der Waals surface area contributed by atoms with Crippen LogP contribution in [0, 0.1) is 17.8 Å². The zero-order valence-electron chi connectivity index (χ0n) is 12.9. The van der Waals surface area contributed by atoms with E-state index < -0.39 is 0 Å². The number of benzene rings is 1. The molecule has 0 bridgehead atoms. The Morgan fingerprint density at radius 1 is 1.10 bits per heavy atom. The van der Waals surface area contributed by atoms with Crippen molar-refractivity contribution in [1.82, 2.24) is 4.98 Å². The van der Waals surface area contributed by atoms with Gasteiger partial charge in [-0.15, -0.1) is 0 Å². The van der Waals surface area contributed by atoms with Gasteiger partial charge in [0.15, 0.2) is 0 Å². The number of nitrogen functional groups attached to an aromatic ring is 1. The van der Waals surface area contributed by atoms with Crippen LogP contribution in [0.3, 0.4) is 0 Å². The van der Waals surface area contributed by atoms with Crippen molar-refractivity contribution in [3.8, 4) is 0 Å². The Kier molecular flexibility index (Phi) is 4.48. The van der Waals surface area contributed by atoms with Crippen molar-refractivity contribution in [2.24, 2.45) is 17.8 Å². The summed E-state index contributed by atoms with van der Waals surface area (Å²) in [6.07, 6.45) is 1.79. The van der Waals surface area contributed by atoms with E-state index in [0.717, 1.165) is 28.8 Å². The van der Waals surface area contributed by atoms with E-state index in [4.69, 9.17) is 5.73 Å². The van der Waals surface area contributed by atoms with E-state index in [0.29, 0.717) is 17.8 Å². The van der Waals surface area contributed by atoms with Crippen LogP contribution in [-0.2, 0) is 0 Å². The third-order valence-electron chi connectivity index (χ3n) is 4.04. The van der Waals surface area contributed by atoms with Crippen LogP contribution >= 0.6 is 0 Å². The number of nitrogens with one attached hydrogen (secondary N) is 1. The van der Waals surface area contributed by atoms with Crippen molar-refractivity contribution in [3.05, 3.63) is 30.5 Å². The van der Waals surface area contributed by atoms with Gasteiger partial charge in [-0.1, -0.05) is 27.7 Å². The molecule has 1 aromatic carbocycles. The fraction of sp³-hybridized carbons (Fsp3) is 0.471. The van der Waals surface area contributed by atoms with Gasteiger partial charge < -0.3 is 11.1 Å². The van der Waals surface area contributed by atoms with Crippen molar-refractivity contribution in [2.45, 2.75) is 27.7 Å². The van der Waals surface area contributed by atoms with Crippen LogP contribution < -0.4 is 11.1 Å². The summed E-state index contributed by atoms with van der Waals surface area (Å²) < 4.78 is 0. The molecule has 0 radical (unpaired) electrons. The van der Waals surface area contributed by atoms with Gasteiger partial charge in [0.25, 0.3) is 0 Å². The number of fused-ring (bicyclic) bond motifs is 1. The second-order valence-corrected chi connectivity index (χ2v) is 6.13. The molecule has 0 aliphatic heterocycles. The number of hydrogen-bond acceptors (Lipinski definition) is 3. The number of nitrogens with two attached hydrogens (primary N) is 1. The summed E-state index contributed by atoms with van der Waals surface area (Å²) in [4.78, 5) is 4.37. The van der Waals surface area contributed by atoms with Crippen LogP contribution in [0.25, 0.3) is 10.9 Å². The fourth-order valence-corrected chi connectivity index (χ4v) is 2.82. The maximum Gasteiger partial charge on any atom is 0.0951 e. The van der Waals surface area contributed by atoms with E-state index in [1.54, 1.807) is 6.20 Å². The maximum atomic E-state index is 5.99. The molecule has 0 aliphatic carbocycles. The van der Waals surface area contributed by atoms with Crippen molar-refractivity contribution < 1.29 is 0 Å². The third-order valence-corrected chi connectivity index (χ3v) is 4.04. The van der Waals surface area contributed by atoms with Crippen molar-refractivity contribution in [1.29, 1.82) is 0 Å². The molecule has 0 unspecified atom stereocenters. The zero-order valence-corrected chi connectivity index (χ0v) is 12.9. The van der Waals surface area contributed by atoms with Gasteiger partial charge >= 0.3 is 0 Å². The van der Waals surface area contributed by atoms with E-state index >= 15 is 0 Å². The van der Waals surface area contributed by atoms with Crippen LogP contribution in [-0.4, -0.2) is 11.5 Å². The van der Waals surface area contributed by atoms with Crippen molar-refractivity contribution in [2.75, 3.05) is 17.6 Å². The van der Waals surface area contributed by atoms with E-state index in [1.807, 2.05) is 12.1 Å². The van der Waals surface area contributed by atoms with Gasteiger partial charge in [-0.3, -0.25) is 4.98 Å². The van der Waals surface area contributed by atoms with Gasteiger partial charge in [0.05, 0.1) is 11.2 Å². The Morgan fingerprint density at radius 3 is 2.45 bits per heavy atom. The predicted octanol–water partition coefficient (Wildman–Crippen LogP) is 4.16. The molecule has 108 valence electrons. The average molecular weight is 271 g/mol. The summed E-state index contributed by atoms with van der Waals surface area (Å²) in [5, 5.41) is 4.68. The molecular weight excluding hydrogens is 246 g/mol. The topological polar surface area (TPSA) is 50.9 Å². The van der Waals surface area contributed by atoms with Crippen molar-refractivity contribution >= 4 is 22.3 Å². The average Bonchev–Trinajstić information content (AvgIpc) is 2.41. The first-order valence-electron chi connectivity index (χ1n) is 7.37. The van der Waals surface area contributed by atoms with Crippen LogP contribution in [0.15, 0.2) is 30.5 Å². The first-order valence-corrected chi connectivity index (χ1v) is 7.37. The smallest absolute Gasteiger partial charge is 0.0951 e. The molecule has 0 amide bonds. The lowest BCUT2D eigenvalue weighted by atomic mass is 9.85. The third kappa shape index (κ3) is 3.03. The Bertz CT molecular complexity index is 567.